The van der Waals surface area contributed by atoms with Gasteiger partial charge in [-0.3, -0.25) is 9.89 Å². The third-order valence-corrected chi connectivity index (χ3v) is 5.87. The summed E-state index contributed by atoms with van der Waals surface area (Å²) in [6.07, 6.45) is 5.81. The molecule has 0 aliphatic heterocycles. The van der Waals surface area contributed by atoms with Crippen LogP contribution in [0.1, 0.15) is 30.4 Å². The number of amides is 1. The molecule has 5 heteroatoms. The number of hydrogen-bond donors (Lipinski definition) is 2. The highest BCUT2D eigenvalue weighted by molar-refractivity contribution is 5.99. The van der Waals surface area contributed by atoms with Gasteiger partial charge in [-0.15, -0.1) is 0 Å². The molecule has 1 fully saturated rings. The summed E-state index contributed by atoms with van der Waals surface area (Å²) >= 11 is 0. The van der Waals surface area contributed by atoms with Gasteiger partial charge in [0, 0.05) is 16.9 Å². The lowest BCUT2D eigenvalue weighted by molar-refractivity contribution is -0.117. The number of anilines is 1. The summed E-state index contributed by atoms with van der Waals surface area (Å²) in [7, 11) is 0. The van der Waals surface area contributed by atoms with Crippen LogP contribution in [0.3, 0.4) is 0 Å². The van der Waals surface area contributed by atoms with Crippen molar-refractivity contribution < 1.29 is 4.79 Å². The van der Waals surface area contributed by atoms with Crippen LogP contribution in [0.15, 0.2) is 54.9 Å². The van der Waals surface area contributed by atoms with E-state index >= 15 is 0 Å². The van der Waals surface area contributed by atoms with Crippen LogP contribution in [0, 0.1) is 5.92 Å². The van der Waals surface area contributed by atoms with Gasteiger partial charge in [0.2, 0.25) is 5.91 Å². The van der Waals surface area contributed by atoms with Gasteiger partial charge >= 0.3 is 0 Å². The number of aromatic amines is 1. The lowest BCUT2D eigenvalue weighted by Crippen LogP contribution is -2.25. The Labute approximate surface area is 151 Å². The topological polar surface area (TPSA) is 70.7 Å². The molecule has 5 rings (SSSR count). The van der Waals surface area contributed by atoms with Crippen LogP contribution < -0.4 is 5.32 Å². The van der Waals surface area contributed by atoms with Crippen molar-refractivity contribution in [3.8, 4) is 11.4 Å². The highest BCUT2D eigenvalue weighted by Gasteiger charge is 2.60. The van der Waals surface area contributed by atoms with Gasteiger partial charge in [-0.2, -0.15) is 5.10 Å². The Morgan fingerprint density at radius 3 is 2.88 bits per heavy atom. The number of nitrogens with one attached hydrogen (secondary N) is 2. The molecule has 3 aromatic rings. The number of carbonyl (C=O) groups excluding carboxylic acids is 1. The molecule has 130 valence electrons. The largest absolute Gasteiger partial charge is 0.325 e. The van der Waals surface area contributed by atoms with E-state index in [0.29, 0.717) is 5.82 Å². The maximum Gasteiger partial charge on any atom is 0.228 e. The molecule has 0 unspecified atom stereocenters. The average molecular weight is 344 g/mol. The molecule has 26 heavy (non-hydrogen) atoms. The molecule has 1 aromatic heterocycles. The maximum absolute atomic E-state index is 13.0. The van der Waals surface area contributed by atoms with Gasteiger partial charge in [0.1, 0.15) is 6.33 Å². The molecule has 5 nitrogen and oxygen atoms in total. The van der Waals surface area contributed by atoms with E-state index in [1.807, 2.05) is 24.3 Å². The summed E-state index contributed by atoms with van der Waals surface area (Å²) in [6, 6.07) is 16.3. The van der Waals surface area contributed by atoms with Crippen molar-refractivity contribution in [1.29, 1.82) is 0 Å². The van der Waals surface area contributed by atoms with Crippen LogP contribution in [0.25, 0.3) is 11.4 Å². The number of nitrogens with zero attached hydrogens (tertiary/aromatic N) is 2. The van der Waals surface area contributed by atoms with Gasteiger partial charge in [0.25, 0.3) is 0 Å². The molecule has 2 aliphatic carbocycles. The van der Waals surface area contributed by atoms with E-state index in [-0.39, 0.29) is 17.2 Å². The van der Waals surface area contributed by atoms with Crippen molar-refractivity contribution >= 4 is 11.6 Å². The fourth-order valence-corrected chi connectivity index (χ4v) is 4.53. The number of H-pyrrole nitrogens is 1. The Balaban J connectivity index is 1.41. The molecule has 2 atom stereocenters. The van der Waals surface area contributed by atoms with Gasteiger partial charge in [-0.05, 0) is 48.9 Å². The van der Waals surface area contributed by atoms with Crippen molar-refractivity contribution in [2.24, 2.45) is 5.92 Å². The van der Waals surface area contributed by atoms with Crippen LogP contribution in [0.2, 0.25) is 0 Å². The van der Waals surface area contributed by atoms with E-state index in [1.54, 1.807) is 0 Å². The van der Waals surface area contributed by atoms with Crippen molar-refractivity contribution in [1.82, 2.24) is 15.2 Å². The quantitative estimate of drug-likeness (QED) is 0.761. The van der Waals surface area contributed by atoms with Gasteiger partial charge in [0.15, 0.2) is 5.82 Å². The predicted octanol–water partition coefficient (Wildman–Crippen LogP) is 3.70. The summed E-state index contributed by atoms with van der Waals surface area (Å²) in [4.78, 5) is 17.2. The van der Waals surface area contributed by atoms with Crippen molar-refractivity contribution in [2.75, 3.05) is 5.32 Å². The summed E-state index contributed by atoms with van der Waals surface area (Å²) in [5.74, 6) is 0.815. The number of hydrogen-bond acceptors (Lipinski definition) is 3. The minimum atomic E-state index is 0.0418. The number of para-hydroxylation sites is 1. The second kappa shape index (κ2) is 5.80. The zero-order valence-electron chi connectivity index (χ0n) is 14.4. The molecule has 2 aromatic carbocycles. The lowest BCUT2D eigenvalue weighted by Gasteiger charge is -2.26. The molecule has 0 radical (unpaired) electrons. The number of fused-ring (bicyclic) bond motifs is 2. The van der Waals surface area contributed by atoms with E-state index in [9.17, 15) is 4.79 Å². The number of rotatable bonds is 3. The highest BCUT2D eigenvalue weighted by atomic mass is 16.2. The average Bonchev–Trinajstić information content (AvgIpc) is 3.13. The zero-order chi connectivity index (χ0) is 17.6. The van der Waals surface area contributed by atoms with E-state index in [2.05, 4.69) is 44.8 Å². The minimum absolute atomic E-state index is 0.0418. The molecule has 1 heterocycles. The van der Waals surface area contributed by atoms with E-state index in [4.69, 9.17) is 0 Å². The van der Waals surface area contributed by atoms with Crippen molar-refractivity contribution in [3.63, 3.8) is 0 Å². The zero-order valence-corrected chi connectivity index (χ0v) is 14.4. The number of benzene rings is 2. The maximum atomic E-state index is 13.0. The molecule has 1 amide bonds. The molecule has 2 N–H and O–H groups in total. The van der Waals surface area contributed by atoms with Crippen LogP contribution in [-0.2, 0) is 16.6 Å². The third kappa shape index (κ3) is 2.35. The monoisotopic (exact) mass is 344 g/mol. The summed E-state index contributed by atoms with van der Waals surface area (Å²) in [6.45, 7) is 0. The van der Waals surface area contributed by atoms with Crippen LogP contribution in [-0.4, -0.2) is 21.1 Å². The van der Waals surface area contributed by atoms with E-state index < -0.39 is 0 Å². The Kier molecular flexibility index (Phi) is 3.42. The van der Waals surface area contributed by atoms with Gasteiger partial charge < -0.3 is 5.32 Å². The Bertz CT molecular complexity index is 966. The Morgan fingerprint density at radius 2 is 2.00 bits per heavy atom. The Hall–Kier alpha value is -2.95. The first-order valence-corrected chi connectivity index (χ1v) is 9.12. The third-order valence-electron chi connectivity index (χ3n) is 5.87. The molecule has 0 bridgehead atoms. The van der Waals surface area contributed by atoms with E-state index in [0.717, 1.165) is 36.9 Å². The predicted molar refractivity (Wildman–Crippen MR) is 99.6 cm³/mol. The van der Waals surface area contributed by atoms with Crippen LogP contribution >= 0.6 is 0 Å². The number of carbonyl (C=O) groups is 1. The normalized spacial score (nSPS) is 23.5. The SMILES string of the molecule is O=C(Nc1ccccc1-c1ncn[nH]1)[C@@H]1C[C@]12CCCc1ccccc12. The first kappa shape index (κ1) is 15.3. The van der Waals surface area contributed by atoms with Crippen molar-refractivity contribution in [3.05, 3.63) is 66.0 Å². The second-order valence-corrected chi connectivity index (χ2v) is 7.29. The minimum Gasteiger partial charge on any atom is -0.325 e. The molecular formula is C21H20N4O. The van der Waals surface area contributed by atoms with E-state index in [1.165, 1.54) is 17.5 Å². The smallest absolute Gasteiger partial charge is 0.228 e. The fraction of sp³-hybridized carbons (Fsp3) is 0.286. The molecule has 2 aliphatic rings. The molecular weight excluding hydrogens is 324 g/mol. The first-order valence-electron chi connectivity index (χ1n) is 9.12. The van der Waals surface area contributed by atoms with Gasteiger partial charge in [0.05, 0.1) is 5.69 Å². The standard InChI is InChI=1S/C21H20N4O/c26-20(24-18-10-4-2-8-15(18)19-22-13-23-25-19)17-12-21(17)11-5-7-14-6-1-3-9-16(14)21/h1-4,6,8-10,13,17H,5,7,11-12H2,(H,24,26)(H,22,23,25)/t17-,21-/m0/s1. The van der Waals surface area contributed by atoms with Gasteiger partial charge in [-0.25, -0.2) is 4.98 Å². The van der Waals surface area contributed by atoms with Gasteiger partial charge in [-0.1, -0.05) is 36.4 Å². The van der Waals surface area contributed by atoms with Crippen molar-refractivity contribution in [2.45, 2.75) is 31.1 Å². The summed E-state index contributed by atoms with van der Waals surface area (Å²) in [5, 5.41) is 9.92. The summed E-state index contributed by atoms with van der Waals surface area (Å²) in [5.41, 5.74) is 4.48. The highest BCUT2D eigenvalue weighted by Crippen LogP contribution is 2.60. The number of aromatic nitrogens is 3. The van der Waals surface area contributed by atoms with Crippen LogP contribution in [0.5, 0.6) is 0 Å². The summed E-state index contributed by atoms with van der Waals surface area (Å²) < 4.78 is 0. The number of aryl methyl sites for hydroxylation is 1. The molecule has 1 spiro atoms. The molecule has 0 saturated heterocycles. The first-order chi connectivity index (χ1) is 12.8. The molecule has 1 saturated carbocycles. The van der Waals surface area contributed by atoms with Crippen LogP contribution in [0.4, 0.5) is 5.69 Å². The Morgan fingerprint density at radius 1 is 1.15 bits per heavy atom. The fourth-order valence-electron chi connectivity index (χ4n) is 4.53. The second-order valence-electron chi connectivity index (χ2n) is 7.29. The lowest BCUT2D eigenvalue weighted by atomic mass is 9.78.